The van der Waals surface area contributed by atoms with Crippen molar-refractivity contribution in [3.63, 3.8) is 0 Å². The summed E-state index contributed by atoms with van der Waals surface area (Å²) in [6.07, 6.45) is 12.1. The van der Waals surface area contributed by atoms with Crippen molar-refractivity contribution < 1.29 is 29.6 Å². The maximum Gasteiger partial charge on any atom is 0.303 e. The molecule has 228 valence electrons. The Bertz CT molecular complexity index is 1540. The number of fused-ring (bicyclic) bond motifs is 5. The molecule has 2 aromatic carbocycles. The molecule has 3 aliphatic heterocycles. The molecular formula is C34H38BrNO6S. The maximum absolute atomic E-state index is 13.7. The van der Waals surface area contributed by atoms with Crippen LogP contribution in [0.3, 0.4) is 0 Å². The van der Waals surface area contributed by atoms with Crippen LogP contribution in [0.15, 0.2) is 60.7 Å². The molecule has 1 spiro atoms. The lowest BCUT2D eigenvalue weighted by atomic mass is 9.66. The van der Waals surface area contributed by atoms with E-state index in [0.717, 1.165) is 55.5 Å². The number of phenols is 2. The summed E-state index contributed by atoms with van der Waals surface area (Å²) in [5.41, 5.74) is 5.38. The molecule has 0 aromatic heterocycles. The SMILES string of the molecule is C=C/C=C1\C(=C/C=C)C(=O)CC12c1cc(CCC(=O)O)c(O)c(O)c1Oc1c2cc2c3c1CCCN3CCC2.CBr.CS. The van der Waals surface area contributed by atoms with Gasteiger partial charge in [0.1, 0.15) is 5.75 Å². The number of rotatable bonds is 5. The molecule has 3 N–H and O–H groups in total. The molecule has 7 nitrogen and oxygen atoms in total. The quantitative estimate of drug-likeness (QED) is 0.118. The van der Waals surface area contributed by atoms with Crippen LogP contribution in [0.25, 0.3) is 0 Å². The molecule has 0 amide bonds. The minimum atomic E-state index is -1.02. The van der Waals surface area contributed by atoms with E-state index in [2.05, 4.69) is 52.7 Å². The molecule has 1 unspecified atom stereocenters. The number of carbonyl (C=O) groups is 2. The van der Waals surface area contributed by atoms with Crippen molar-refractivity contribution >= 4 is 46.0 Å². The van der Waals surface area contributed by atoms with Crippen LogP contribution in [0.5, 0.6) is 23.0 Å². The molecule has 6 rings (SSSR count). The van der Waals surface area contributed by atoms with E-state index in [1.165, 1.54) is 11.3 Å². The molecule has 43 heavy (non-hydrogen) atoms. The van der Waals surface area contributed by atoms with Crippen molar-refractivity contribution in [3.8, 4) is 23.0 Å². The number of aryl methyl sites for hydroxylation is 2. The predicted molar refractivity (Wildman–Crippen MR) is 178 cm³/mol. The average molecular weight is 669 g/mol. The molecule has 0 radical (unpaired) electrons. The van der Waals surface area contributed by atoms with E-state index in [1.807, 2.05) is 11.9 Å². The Morgan fingerprint density at radius 2 is 1.70 bits per heavy atom. The normalized spacial score (nSPS) is 21.0. The summed E-state index contributed by atoms with van der Waals surface area (Å²) in [6, 6.07) is 3.87. The van der Waals surface area contributed by atoms with Gasteiger partial charge >= 0.3 is 5.97 Å². The van der Waals surface area contributed by atoms with Crippen molar-refractivity contribution in [2.45, 2.75) is 50.4 Å². The minimum absolute atomic E-state index is 0.0130. The topological polar surface area (TPSA) is 107 Å². The molecular weight excluding hydrogens is 630 g/mol. The second kappa shape index (κ2) is 13.5. The smallest absolute Gasteiger partial charge is 0.303 e. The van der Waals surface area contributed by atoms with Crippen LogP contribution < -0.4 is 9.64 Å². The van der Waals surface area contributed by atoms with Gasteiger partial charge in [-0.05, 0) is 73.0 Å². The third-order valence-corrected chi connectivity index (χ3v) is 8.56. The summed E-state index contributed by atoms with van der Waals surface area (Å²) in [5, 5.41) is 31.5. The zero-order valence-corrected chi connectivity index (χ0v) is 27.1. The van der Waals surface area contributed by atoms with Gasteiger partial charge in [-0.25, -0.2) is 0 Å². The lowest BCUT2D eigenvalue weighted by Crippen LogP contribution is -2.37. The number of carbonyl (C=O) groups excluding carboxylic acids is 1. The van der Waals surface area contributed by atoms with Gasteiger partial charge in [-0.2, -0.15) is 12.6 Å². The first-order chi connectivity index (χ1) is 20.8. The molecule has 4 aliphatic rings. The van der Waals surface area contributed by atoms with Crippen molar-refractivity contribution in [1.29, 1.82) is 0 Å². The Morgan fingerprint density at radius 1 is 1.05 bits per heavy atom. The van der Waals surface area contributed by atoms with Crippen LogP contribution in [0, 0.1) is 0 Å². The molecule has 0 saturated heterocycles. The molecule has 0 bridgehead atoms. The summed E-state index contributed by atoms with van der Waals surface area (Å²) in [6.45, 7) is 9.69. The van der Waals surface area contributed by atoms with E-state index in [-0.39, 0.29) is 36.4 Å². The number of aliphatic carboxylic acids is 1. The van der Waals surface area contributed by atoms with E-state index >= 15 is 0 Å². The van der Waals surface area contributed by atoms with Crippen LogP contribution in [-0.4, -0.2) is 52.3 Å². The van der Waals surface area contributed by atoms with Crippen LogP contribution in [0.2, 0.25) is 0 Å². The number of anilines is 1. The second-order valence-electron chi connectivity index (χ2n) is 10.7. The highest BCUT2D eigenvalue weighted by molar-refractivity contribution is 9.08. The Hall–Kier alpha value is -3.43. The molecule has 3 heterocycles. The average Bonchev–Trinajstić information content (AvgIpc) is 3.29. The van der Waals surface area contributed by atoms with Gasteiger partial charge in [-0.15, -0.1) is 0 Å². The lowest BCUT2D eigenvalue weighted by molar-refractivity contribution is -0.137. The van der Waals surface area contributed by atoms with Crippen molar-refractivity contribution in [2.24, 2.45) is 0 Å². The highest BCUT2D eigenvalue weighted by Gasteiger charge is 2.55. The highest BCUT2D eigenvalue weighted by atomic mass is 79.9. The number of nitrogens with zero attached hydrogens (tertiary/aromatic N) is 1. The van der Waals surface area contributed by atoms with Gasteiger partial charge in [0.2, 0.25) is 5.75 Å². The number of carboxylic acids is 1. The van der Waals surface area contributed by atoms with Gasteiger partial charge in [0.05, 0.1) is 5.41 Å². The van der Waals surface area contributed by atoms with Crippen LogP contribution in [-0.2, 0) is 34.3 Å². The number of halogens is 1. The fourth-order valence-electron chi connectivity index (χ4n) is 7.00. The fourth-order valence-corrected chi connectivity index (χ4v) is 7.00. The first-order valence-corrected chi connectivity index (χ1v) is 16.7. The first-order valence-electron chi connectivity index (χ1n) is 14.3. The summed E-state index contributed by atoms with van der Waals surface area (Å²) < 4.78 is 6.53. The van der Waals surface area contributed by atoms with Crippen LogP contribution >= 0.6 is 28.6 Å². The minimum Gasteiger partial charge on any atom is -0.504 e. The zero-order chi connectivity index (χ0) is 31.5. The standard InChI is InChI=1S/C32H31NO6.CH3Br.CH4S/c1-3-7-20-22(8-4-2)32(17-25(20)34)23-15-18-9-5-13-33-14-6-10-21(27(18)33)30(23)39-31-24(32)16-19(11-12-26(35)36)28(37)29(31)38;2*1-2/h3-4,7-8,15-16,37-38H,1-2,5-6,9-14,17H2,(H,35,36);1H3;2H,1H3/b20-7+,22-8+;;. The second-order valence-corrected chi connectivity index (χ2v) is 10.7. The van der Waals surface area contributed by atoms with Crippen LogP contribution in [0.4, 0.5) is 5.69 Å². The highest BCUT2D eigenvalue weighted by Crippen LogP contribution is 2.64. The van der Waals surface area contributed by atoms with Gasteiger partial charge in [-0.3, -0.25) is 9.59 Å². The van der Waals surface area contributed by atoms with Crippen LogP contribution in [0.1, 0.15) is 53.5 Å². The van der Waals surface area contributed by atoms with Gasteiger partial charge in [0.15, 0.2) is 17.3 Å². The number of aromatic hydroxyl groups is 2. The molecule has 1 atom stereocenters. The van der Waals surface area contributed by atoms with E-state index in [4.69, 9.17) is 4.74 Å². The number of hydrogen-bond acceptors (Lipinski definition) is 7. The number of ether oxygens (including phenoxy) is 1. The number of alkyl halides is 1. The first kappa shape index (κ1) is 32.5. The Kier molecular flexibility index (Phi) is 10.2. The third-order valence-electron chi connectivity index (χ3n) is 8.56. The lowest BCUT2D eigenvalue weighted by Gasteiger charge is -2.44. The van der Waals surface area contributed by atoms with Gasteiger partial charge < -0.3 is 25.0 Å². The van der Waals surface area contributed by atoms with Gasteiger partial charge in [0, 0.05) is 53.9 Å². The number of thiol groups is 1. The number of allylic oxidation sites excluding steroid dienone is 6. The molecule has 9 heteroatoms. The monoisotopic (exact) mass is 667 g/mol. The number of hydrogen-bond donors (Lipinski definition) is 4. The number of benzene rings is 2. The van der Waals surface area contributed by atoms with Gasteiger partial charge in [-0.1, -0.05) is 53.4 Å². The summed E-state index contributed by atoms with van der Waals surface area (Å²) in [4.78, 5) is 27.4. The number of carboxylic acid groups (broad SMARTS) is 1. The maximum atomic E-state index is 13.7. The van der Waals surface area contributed by atoms with Crippen molar-refractivity contribution in [2.75, 3.05) is 30.1 Å². The van der Waals surface area contributed by atoms with Crippen molar-refractivity contribution in [1.82, 2.24) is 0 Å². The third kappa shape index (κ3) is 5.31. The molecule has 2 aromatic rings. The van der Waals surface area contributed by atoms with E-state index in [0.29, 0.717) is 16.9 Å². The van der Waals surface area contributed by atoms with Gasteiger partial charge in [0.25, 0.3) is 0 Å². The molecule has 1 saturated carbocycles. The summed E-state index contributed by atoms with van der Waals surface area (Å²) in [7, 11) is 0. The Balaban J connectivity index is 0.00000102. The molecule has 1 fully saturated rings. The predicted octanol–water partition coefficient (Wildman–Crippen LogP) is 6.96. The van der Waals surface area contributed by atoms with Crippen molar-refractivity contribution in [3.05, 3.63) is 88.6 Å². The molecule has 1 aliphatic carbocycles. The largest absolute Gasteiger partial charge is 0.504 e. The summed E-state index contributed by atoms with van der Waals surface area (Å²) >= 11 is 6.47. The number of Topliss-reactive ketones (excluding diaryl/α,β-unsaturated/α-hetero) is 1. The number of phenolic OH excluding ortho intramolecular Hbond substituents is 2. The fraction of sp³-hybridized carbons (Fsp3) is 0.353. The zero-order valence-electron chi connectivity index (χ0n) is 24.6. The summed E-state index contributed by atoms with van der Waals surface area (Å²) in [5.74, 6) is 0.609. The number of ketones is 1. The van der Waals surface area contributed by atoms with E-state index in [1.54, 1.807) is 30.6 Å². The Labute approximate surface area is 266 Å². The van der Waals surface area contributed by atoms with E-state index < -0.39 is 22.9 Å². The Morgan fingerprint density at radius 3 is 2.35 bits per heavy atom. The van der Waals surface area contributed by atoms with E-state index in [9.17, 15) is 24.9 Å².